The highest BCUT2D eigenvalue weighted by Gasteiger charge is 2.31. The van der Waals surface area contributed by atoms with Gasteiger partial charge in [-0.3, -0.25) is 13.9 Å². The standard InChI is InChI=1S/C25H34BrN3O4S/c1-17(2)14-27-25(31)20(5)28(15-21-11-8-12-22(26)13-21)23(30)16-29(34(6,32)33)24-18(3)9-7-10-19(24)4/h7-13,17,20H,14-16H2,1-6H3,(H,27,31)/t20-/m1/s1. The van der Waals surface area contributed by atoms with E-state index in [9.17, 15) is 18.0 Å². The molecule has 0 saturated heterocycles. The van der Waals surface area contributed by atoms with Crippen molar-refractivity contribution in [2.24, 2.45) is 5.92 Å². The lowest BCUT2D eigenvalue weighted by molar-refractivity contribution is -0.139. The second kappa shape index (κ2) is 11.8. The number of rotatable bonds is 10. The molecule has 0 fully saturated rings. The third-order valence-electron chi connectivity index (χ3n) is 5.46. The van der Waals surface area contributed by atoms with E-state index in [0.29, 0.717) is 12.2 Å². The van der Waals surface area contributed by atoms with Crippen LogP contribution in [0, 0.1) is 19.8 Å². The fourth-order valence-electron chi connectivity index (χ4n) is 3.64. The molecule has 9 heteroatoms. The topological polar surface area (TPSA) is 86.8 Å². The molecule has 2 aromatic rings. The van der Waals surface area contributed by atoms with Crippen LogP contribution in [0.5, 0.6) is 0 Å². The maximum atomic E-state index is 13.6. The first kappa shape index (κ1) is 27.9. The van der Waals surface area contributed by atoms with Crippen molar-refractivity contribution in [3.05, 3.63) is 63.6 Å². The average Bonchev–Trinajstić information content (AvgIpc) is 2.73. The molecule has 7 nitrogen and oxygen atoms in total. The molecule has 1 N–H and O–H groups in total. The second-order valence-electron chi connectivity index (χ2n) is 8.98. The predicted octanol–water partition coefficient (Wildman–Crippen LogP) is 4.02. The van der Waals surface area contributed by atoms with Crippen LogP contribution < -0.4 is 9.62 Å². The smallest absolute Gasteiger partial charge is 0.244 e. The Balaban J connectivity index is 2.43. The Morgan fingerprint density at radius 1 is 1.03 bits per heavy atom. The van der Waals surface area contributed by atoms with E-state index in [2.05, 4.69) is 21.2 Å². The lowest BCUT2D eigenvalue weighted by Crippen LogP contribution is -2.51. The number of hydrogen-bond acceptors (Lipinski definition) is 4. The van der Waals surface area contributed by atoms with Crippen molar-refractivity contribution in [3.63, 3.8) is 0 Å². The maximum Gasteiger partial charge on any atom is 0.244 e. The Labute approximate surface area is 211 Å². The average molecular weight is 553 g/mol. The number of aryl methyl sites for hydroxylation is 2. The van der Waals surface area contributed by atoms with Crippen LogP contribution in [0.2, 0.25) is 0 Å². The van der Waals surface area contributed by atoms with Gasteiger partial charge in [-0.1, -0.05) is 60.1 Å². The molecule has 0 aliphatic rings. The fourth-order valence-corrected chi connectivity index (χ4v) is 5.05. The van der Waals surface area contributed by atoms with Gasteiger partial charge in [0.2, 0.25) is 21.8 Å². The molecule has 0 heterocycles. The third-order valence-corrected chi connectivity index (χ3v) is 7.07. The van der Waals surface area contributed by atoms with Crippen LogP contribution in [0.25, 0.3) is 0 Å². The van der Waals surface area contributed by atoms with Crippen molar-refractivity contribution in [3.8, 4) is 0 Å². The highest BCUT2D eigenvalue weighted by Crippen LogP contribution is 2.27. The number of carbonyl (C=O) groups excluding carboxylic acids is 2. The summed E-state index contributed by atoms with van der Waals surface area (Å²) in [6, 6.07) is 12.1. The molecule has 34 heavy (non-hydrogen) atoms. The summed E-state index contributed by atoms with van der Waals surface area (Å²) in [5.74, 6) is -0.481. The minimum absolute atomic E-state index is 0.166. The molecule has 0 bridgehead atoms. The molecule has 0 aliphatic carbocycles. The van der Waals surface area contributed by atoms with Crippen LogP contribution in [0.15, 0.2) is 46.9 Å². The van der Waals surface area contributed by atoms with E-state index in [4.69, 9.17) is 0 Å². The first-order valence-electron chi connectivity index (χ1n) is 11.2. The number of benzene rings is 2. The Kier molecular flexibility index (Phi) is 9.70. The zero-order valence-electron chi connectivity index (χ0n) is 20.6. The molecule has 0 spiro atoms. The molecule has 2 aromatic carbocycles. The molecule has 0 saturated carbocycles. The van der Waals surface area contributed by atoms with Crippen LogP contribution in [0.1, 0.15) is 37.5 Å². The van der Waals surface area contributed by atoms with Gasteiger partial charge in [0.05, 0.1) is 11.9 Å². The van der Waals surface area contributed by atoms with Gasteiger partial charge < -0.3 is 10.2 Å². The molecular formula is C25H34BrN3O4S. The van der Waals surface area contributed by atoms with Gasteiger partial charge in [0.1, 0.15) is 12.6 Å². The summed E-state index contributed by atoms with van der Waals surface area (Å²) < 4.78 is 27.5. The normalized spacial score (nSPS) is 12.4. The van der Waals surface area contributed by atoms with Crippen molar-refractivity contribution < 1.29 is 18.0 Å². The van der Waals surface area contributed by atoms with Crippen molar-refractivity contribution >= 4 is 43.5 Å². The Hall–Kier alpha value is -2.39. The number of nitrogens with one attached hydrogen (secondary N) is 1. The fraction of sp³-hybridized carbons (Fsp3) is 0.440. The summed E-state index contributed by atoms with van der Waals surface area (Å²) in [4.78, 5) is 27.9. The molecule has 1 atom stereocenters. The number of carbonyl (C=O) groups is 2. The molecule has 2 amide bonds. The minimum Gasteiger partial charge on any atom is -0.354 e. The van der Waals surface area contributed by atoms with Crippen molar-refractivity contribution in [2.75, 3.05) is 23.7 Å². The summed E-state index contributed by atoms with van der Waals surface area (Å²) in [5.41, 5.74) is 2.81. The van der Waals surface area contributed by atoms with E-state index >= 15 is 0 Å². The van der Waals surface area contributed by atoms with E-state index in [1.54, 1.807) is 6.92 Å². The first-order valence-corrected chi connectivity index (χ1v) is 13.8. The zero-order chi connectivity index (χ0) is 25.6. The highest BCUT2D eigenvalue weighted by atomic mass is 79.9. The van der Waals surface area contributed by atoms with E-state index in [-0.39, 0.29) is 18.4 Å². The van der Waals surface area contributed by atoms with Gasteiger partial charge in [0.25, 0.3) is 0 Å². The predicted molar refractivity (Wildman–Crippen MR) is 140 cm³/mol. The second-order valence-corrected chi connectivity index (χ2v) is 11.8. The highest BCUT2D eigenvalue weighted by molar-refractivity contribution is 9.10. The summed E-state index contributed by atoms with van der Waals surface area (Å²) in [6.45, 7) is 9.51. The maximum absolute atomic E-state index is 13.6. The van der Waals surface area contributed by atoms with Gasteiger partial charge in [-0.25, -0.2) is 8.42 Å². The molecule has 0 unspecified atom stereocenters. The molecule has 0 radical (unpaired) electrons. The van der Waals surface area contributed by atoms with Gasteiger partial charge >= 0.3 is 0 Å². The van der Waals surface area contributed by atoms with Crippen molar-refractivity contribution in [2.45, 2.75) is 47.2 Å². The summed E-state index contributed by atoms with van der Waals surface area (Å²) >= 11 is 3.44. The molecule has 186 valence electrons. The van der Waals surface area contributed by atoms with E-state index in [1.165, 1.54) is 4.90 Å². The van der Waals surface area contributed by atoms with Crippen LogP contribution >= 0.6 is 15.9 Å². The van der Waals surface area contributed by atoms with Crippen LogP contribution in [-0.4, -0.2) is 50.5 Å². The SMILES string of the molecule is Cc1cccc(C)c1N(CC(=O)N(Cc1cccc(Br)c1)[C@H](C)C(=O)NCC(C)C)S(C)(=O)=O. The Morgan fingerprint density at radius 2 is 1.62 bits per heavy atom. The summed E-state index contributed by atoms with van der Waals surface area (Å²) in [6.07, 6.45) is 1.09. The number of hydrogen-bond donors (Lipinski definition) is 1. The molecular weight excluding hydrogens is 518 g/mol. The minimum atomic E-state index is -3.76. The summed E-state index contributed by atoms with van der Waals surface area (Å²) in [7, 11) is -3.76. The van der Waals surface area contributed by atoms with E-state index in [0.717, 1.165) is 31.7 Å². The number of para-hydroxylation sites is 1. The van der Waals surface area contributed by atoms with Gasteiger partial charge in [-0.15, -0.1) is 0 Å². The van der Waals surface area contributed by atoms with Gasteiger partial charge in [0, 0.05) is 17.6 Å². The first-order chi connectivity index (χ1) is 15.8. The van der Waals surface area contributed by atoms with Gasteiger partial charge in [-0.05, 0) is 55.5 Å². The molecule has 0 aromatic heterocycles. The number of sulfonamides is 1. The van der Waals surface area contributed by atoms with E-state index in [1.807, 2.05) is 70.2 Å². The van der Waals surface area contributed by atoms with Crippen molar-refractivity contribution in [1.29, 1.82) is 0 Å². The number of anilines is 1. The van der Waals surface area contributed by atoms with Crippen LogP contribution in [0.4, 0.5) is 5.69 Å². The van der Waals surface area contributed by atoms with Crippen LogP contribution in [0.3, 0.4) is 0 Å². The lowest BCUT2D eigenvalue weighted by Gasteiger charge is -2.32. The number of amides is 2. The van der Waals surface area contributed by atoms with Gasteiger partial charge in [0.15, 0.2) is 0 Å². The van der Waals surface area contributed by atoms with E-state index < -0.39 is 28.5 Å². The Morgan fingerprint density at radius 3 is 2.15 bits per heavy atom. The number of halogens is 1. The summed E-state index contributed by atoms with van der Waals surface area (Å²) in [5, 5.41) is 2.87. The largest absolute Gasteiger partial charge is 0.354 e. The monoisotopic (exact) mass is 551 g/mol. The van der Waals surface area contributed by atoms with Crippen molar-refractivity contribution in [1.82, 2.24) is 10.2 Å². The molecule has 2 rings (SSSR count). The Bertz CT molecular complexity index is 1110. The molecule has 0 aliphatic heterocycles. The zero-order valence-corrected chi connectivity index (χ0v) is 23.0. The van der Waals surface area contributed by atoms with Gasteiger partial charge in [-0.2, -0.15) is 0 Å². The third kappa shape index (κ3) is 7.56. The quantitative estimate of drug-likeness (QED) is 0.483. The lowest BCUT2D eigenvalue weighted by atomic mass is 10.1. The van der Waals surface area contributed by atoms with Crippen LogP contribution in [-0.2, 0) is 26.2 Å². The number of nitrogens with zero attached hydrogens (tertiary/aromatic N) is 2.